The summed E-state index contributed by atoms with van der Waals surface area (Å²) in [5.41, 5.74) is 1.95. The minimum atomic E-state index is -0.229. The SMILES string of the molecule is Cc1nn(C2CC3CCC(C2)N3C)cc1Nc1ncc(C#N)c(NCCCN2CC(C)(C)C2=O)n1. The number of hydrogen-bond donors (Lipinski definition) is 2. The van der Waals surface area contributed by atoms with Crippen molar-refractivity contribution in [3.8, 4) is 6.07 Å². The van der Waals surface area contributed by atoms with Crippen LogP contribution in [-0.2, 0) is 4.79 Å². The van der Waals surface area contributed by atoms with Crippen LogP contribution in [0, 0.1) is 23.7 Å². The van der Waals surface area contributed by atoms with Crippen molar-refractivity contribution in [2.45, 2.75) is 71.0 Å². The summed E-state index contributed by atoms with van der Waals surface area (Å²) in [6.45, 7) is 8.05. The van der Waals surface area contributed by atoms with Crippen molar-refractivity contribution >= 4 is 23.4 Å². The number of fused-ring (bicyclic) bond motifs is 2. The lowest BCUT2D eigenvalue weighted by Gasteiger charge is -2.44. The highest BCUT2D eigenvalue weighted by atomic mass is 16.2. The number of nitriles is 1. The van der Waals surface area contributed by atoms with Crippen molar-refractivity contribution in [1.29, 1.82) is 5.26 Å². The Kier molecular flexibility index (Phi) is 6.13. The zero-order valence-corrected chi connectivity index (χ0v) is 21.1. The Labute approximate surface area is 206 Å². The number of rotatable bonds is 8. The minimum Gasteiger partial charge on any atom is -0.369 e. The van der Waals surface area contributed by atoms with Gasteiger partial charge in [-0.3, -0.25) is 9.48 Å². The van der Waals surface area contributed by atoms with Crippen LogP contribution < -0.4 is 10.6 Å². The first-order chi connectivity index (χ1) is 16.7. The highest BCUT2D eigenvalue weighted by Gasteiger charge is 2.43. The van der Waals surface area contributed by atoms with Crippen LogP contribution in [0.15, 0.2) is 12.4 Å². The van der Waals surface area contributed by atoms with Crippen molar-refractivity contribution in [1.82, 2.24) is 29.5 Å². The Morgan fingerprint density at radius 1 is 1.23 bits per heavy atom. The number of nitrogens with one attached hydrogen (secondary N) is 2. The fraction of sp³-hybridized carbons (Fsp3) is 0.640. The summed E-state index contributed by atoms with van der Waals surface area (Å²) in [4.78, 5) is 25.4. The first-order valence-corrected chi connectivity index (χ1v) is 12.6. The number of β-lactam (4-membered cyclic amide) rings is 1. The Bertz CT molecular complexity index is 1140. The van der Waals surface area contributed by atoms with Crippen LogP contribution in [0.25, 0.3) is 0 Å². The summed E-state index contributed by atoms with van der Waals surface area (Å²) >= 11 is 0. The molecule has 2 unspecified atom stereocenters. The average molecular weight is 478 g/mol. The Balaban J connectivity index is 1.20. The zero-order chi connectivity index (χ0) is 24.7. The molecule has 3 aliphatic rings. The summed E-state index contributed by atoms with van der Waals surface area (Å²) in [5, 5.41) is 20.8. The van der Waals surface area contributed by atoms with E-state index in [4.69, 9.17) is 5.10 Å². The van der Waals surface area contributed by atoms with Gasteiger partial charge in [-0.25, -0.2) is 4.98 Å². The normalized spacial score (nSPS) is 25.3. The quantitative estimate of drug-likeness (QED) is 0.440. The number of anilines is 3. The van der Waals surface area contributed by atoms with Crippen LogP contribution >= 0.6 is 0 Å². The smallest absolute Gasteiger partial charge is 0.230 e. The molecule has 0 spiro atoms. The van der Waals surface area contributed by atoms with Crippen molar-refractivity contribution in [2.75, 3.05) is 37.3 Å². The lowest BCUT2D eigenvalue weighted by atomic mass is 9.83. The van der Waals surface area contributed by atoms with E-state index in [1.807, 2.05) is 25.7 Å². The molecular weight excluding hydrogens is 442 g/mol. The van der Waals surface area contributed by atoms with Crippen molar-refractivity contribution < 1.29 is 4.79 Å². The van der Waals surface area contributed by atoms with Gasteiger partial charge in [0, 0.05) is 37.9 Å². The maximum Gasteiger partial charge on any atom is 0.230 e. The van der Waals surface area contributed by atoms with E-state index in [0.29, 0.717) is 48.5 Å². The van der Waals surface area contributed by atoms with Crippen LogP contribution in [0.3, 0.4) is 0 Å². The van der Waals surface area contributed by atoms with E-state index in [0.717, 1.165) is 37.2 Å². The van der Waals surface area contributed by atoms with Crippen LogP contribution in [-0.4, -0.2) is 74.2 Å². The summed E-state index contributed by atoms with van der Waals surface area (Å²) < 4.78 is 2.11. The second kappa shape index (κ2) is 9.11. The molecule has 2 bridgehead atoms. The van der Waals surface area contributed by atoms with Gasteiger partial charge in [-0.05, 0) is 59.9 Å². The molecule has 1 amide bonds. The molecule has 3 aliphatic heterocycles. The topological polar surface area (TPSA) is 115 Å². The van der Waals surface area contributed by atoms with Crippen LogP contribution in [0.5, 0.6) is 0 Å². The Hall–Kier alpha value is -3.19. The lowest BCUT2D eigenvalue weighted by molar-refractivity contribution is -0.156. The molecular formula is C25H35N9O. The standard InChI is InChI=1S/C25H35N9O/c1-16-21(14-34(31-16)20-10-18-6-7-19(11-20)32(18)4)29-24-28-13-17(12-26)22(30-24)27-8-5-9-33-15-25(2,3)23(33)35/h13-14,18-20H,5-11,15H2,1-4H3,(H2,27,28,29,30). The highest BCUT2D eigenvalue weighted by molar-refractivity contribution is 5.87. The van der Waals surface area contributed by atoms with E-state index in [9.17, 15) is 10.1 Å². The third kappa shape index (κ3) is 4.57. The van der Waals surface area contributed by atoms with Gasteiger partial charge in [-0.15, -0.1) is 0 Å². The number of aromatic nitrogens is 4. The van der Waals surface area contributed by atoms with Gasteiger partial charge in [-0.2, -0.15) is 15.3 Å². The molecule has 5 rings (SSSR count). The molecule has 3 saturated heterocycles. The van der Waals surface area contributed by atoms with Crippen LogP contribution in [0.4, 0.5) is 17.5 Å². The average Bonchev–Trinajstić information content (AvgIpc) is 3.27. The van der Waals surface area contributed by atoms with Gasteiger partial charge in [0.2, 0.25) is 11.9 Å². The first-order valence-electron chi connectivity index (χ1n) is 12.6. The Morgan fingerprint density at radius 2 is 1.97 bits per heavy atom. The first kappa shape index (κ1) is 23.5. The van der Waals surface area contributed by atoms with Gasteiger partial charge in [-0.1, -0.05) is 0 Å². The zero-order valence-electron chi connectivity index (χ0n) is 21.1. The van der Waals surface area contributed by atoms with E-state index in [1.54, 1.807) is 0 Å². The van der Waals surface area contributed by atoms with Crippen molar-refractivity contribution in [3.63, 3.8) is 0 Å². The molecule has 35 heavy (non-hydrogen) atoms. The molecule has 2 aromatic heterocycles. The molecule has 3 fully saturated rings. The van der Waals surface area contributed by atoms with Gasteiger partial charge >= 0.3 is 0 Å². The van der Waals surface area contributed by atoms with Crippen LogP contribution in [0.2, 0.25) is 0 Å². The van der Waals surface area contributed by atoms with E-state index >= 15 is 0 Å². The number of aryl methyl sites for hydroxylation is 1. The summed E-state index contributed by atoms with van der Waals surface area (Å²) in [6, 6.07) is 3.88. The third-order valence-electron chi connectivity index (χ3n) is 7.87. The minimum absolute atomic E-state index is 0.201. The number of nitrogens with zero attached hydrogens (tertiary/aromatic N) is 7. The largest absolute Gasteiger partial charge is 0.369 e. The van der Waals surface area contributed by atoms with Gasteiger partial charge in [0.25, 0.3) is 0 Å². The number of piperidine rings is 1. The van der Waals surface area contributed by atoms with E-state index in [-0.39, 0.29) is 11.3 Å². The number of hydrogen-bond acceptors (Lipinski definition) is 8. The molecule has 10 nitrogen and oxygen atoms in total. The molecule has 5 heterocycles. The van der Waals surface area contributed by atoms with E-state index in [2.05, 4.69) is 49.5 Å². The molecule has 2 N–H and O–H groups in total. The molecule has 0 aromatic carbocycles. The Morgan fingerprint density at radius 3 is 2.63 bits per heavy atom. The number of carbonyl (C=O) groups is 1. The predicted molar refractivity (Wildman–Crippen MR) is 133 cm³/mol. The van der Waals surface area contributed by atoms with Gasteiger partial charge < -0.3 is 20.4 Å². The van der Waals surface area contributed by atoms with E-state index in [1.165, 1.54) is 19.0 Å². The third-order valence-corrected chi connectivity index (χ3v) is 7.87. The van der Waals surface area contributed by atoms with Gasteiger partial charge in [0.1, 0.15) is 17.5 Å². The van der Waals surface area contributed by atoms with E-state index < -0.39 is 0 Å². The maximum atomic E-state index is 12.1. The molecule has 0 aliphatic carbocycles. The number of carbonyl (C=O) groups excluding carboxylic acids is 1. The van der Waals surface area contributed by atoms with Crippen LogP contribution in [0.1, 0.15) is 63.3 Å². The van der Waals surface area contributed by atoms with Crippen molar-refractivity contribution in [3.05, 3.63) is 23.7 Å². The second-order valence-electron chi connectivity index (χ2n) is 10.9. The molecule has 2 atom stereocenters. The molecule has 0 radical (unpaired) electrons. The number of likely N-dealkylation sites (tertiary alicyclic amines) is 1. The predicted octanol–water partition coefficient (Wildman–Crippen LogP) is 3.06. The monoisotopic (exact) mass is 477 g/mol. The summed E-state index contributed by atoms with van der Waals surface area (Å²) in [6.07, 6.45) is 9.21. The lowest BCUT2D eigenvalue weighted by Crippen LogP contribution is -2.58. The van der Waals surface area contributed by atoms with Gasteiger partial charge in [0.05, 0.1) is 29.0 Å². The molecule has 2 aromatic rings. The van der Waals surface area contributed by atoms with Crippen molar-refractivity contribution in [2.24, 2.45) is 5.41 Å². The second-order valence-corrected chi connectivity index (χ2v) is 10.9. The number of amides is 1. The highest BCUT2D eigenvalue weighted by Crippen LogP contribution is 2.40. The maximum absolute atomic E-state index is 12.1. The molecule has 10 heteroatoms. The fourth-order valence-electron chi connectivity index (χ4n) is 5.78. The molecule has 186 valence electrons. The summed E-state index contributed by atoms with van der Waals surface area (Å²) in [7, 11) is 2.25. The fourth-order valence-corrected chi connectivity index (χ4v) is 5.78. The summed E-state index contributed by atoms with van der Waals surface area (Å²) in [5.74, 6) is 1.13. The van der Waals surface area contributed by atoms with Gasteiger partial charge in [0.15, 0.2) is 0 Å². The molecule has 0 saturated carbocycles.